The standard InChI is InChI=1S/C13H14ClFN2S/c1-7-3-2-4-11(7)17-12-5-8(14)9(15)6-10(12)16-13(17)18/h5-7,11H,2-4H2,1H3,(H,16,18). The third-order valence-corrected chi connectivity index (χ3v) is 4.49. The van der Waals surface area contributed by atoms with Gasteiger partial charge < -0.3 is 9.55 Å². The Bertz CT molecular complexity index is 661. The van der Waals surface area contributed by atoms with Crippen molar-refractivity contribution in [1.82, 2.24) is 9.55 Å². The molecule has 1 aliphatic carbocycles. The molecule has 0 saturated heterocycles. The summed E-state index contributed by atoms with van der Waals surface area (Å²) in [4.78, 5) is 3.07. The van der Waals surface area contributed by atoms with Gasteiger partial charge in [-0.15, -0.1) is 0 Å². The highest BCUT2D eigenvalue weighted by atomic mass is 35.5. The van der Waals surface area contributed by atoms with Crippen molar-refractivity contribution < 1.29 is 4.39 Å². The number of rotatable bonds is 1. The van der Waals surface area contributed by atoms with Gasteiger partial charge in [0.1, 0.15) is 5.82 Å². The number of aromatic nitrogens is 2. The first-order valence-electron chi connectivity index (χ1n) is 6.17. The zero-order valence-corrected chi connectivity index (χ0v) is 11.6. The number of benzene rings is 1. The Hall–Kier alpha value is -0.870. The van der Waals surface area contributed by atoms with E-state index in [9.17, 15) is 4.39 Å². The van der Waals surface area contributed by atoms with Crippen molar-refractivity contribution in [2.75, 3.05) is 0 Å². The van der Waals surface area contributed by atoms with Crippen LogP contribution in [-0.2, 0) is 0 Å². The molecule has 1 aliphatic rings. The predicted molar refractivity (Wildman–Crippen MR) is 74.1 cm³/mol. The van der Waals surface area contributed by atoms with E-state index >= 15 is 0 Å². The van der Waals surface area contributed by atoms with Crippen molar-refractivity contribution in [3.8, 4) is 0 Å². The summed E-state index contributed by atoms with van der Waals surface area (Å²) in [5, 5.41) is 0.149. The molecule has 18 heavy (non-hydrogen) atoms. The maximum absolute atomic E-state index is 13.4. The highest BCUT2D eigenvalue weighted by molar-refractivity contribution is 7.71. The molecule has 1 saturated carbocycles. The van der Waals surface area contributed by atoms with Gasteiger partial charge in [0.2, 0.25) is 0 Å². The van der Waals surface area contributed by atoms with Crippen molar-refractivity contribution in [2.24, 2.45) is 5.92 Å². The van der Waals surface area contributed by atoms with E-state index in [4.69, 9.17) is 23.8 Å². The first-order chi connectivity index (χ1) is 8.58. The highest BCUT2D eigenvalue weighted by Gasteiger charge is 2.27. The van der Waals surface area contributed by atoms with Gasteiger partial charge in [0.05, 0.1) is 16.1 Å². The van der Waals surface area contributed by atoms with Gasteiger partial charge >= 0.3 is 0 Å². The Morgan fingerprint density at radius 1 is 1.44 bits per heavy atom. The van der Waals surface area contributed by atoms with Gasteiger partial charge in [-0.2, -0.15) is 0 Å². The second-order valence-electron chi connectivity index (χ2n) is 5.06. The van der Waals surface area contributed by atoms with Crippen LogP contribution in [-0.4, -0.2) is 9.55 Å². The molecular formula is C13H14ClFN2S. The minimum absolute atomic E-state index is 0.149. The second kappa shape index (κ2) is 4.35. The summed E-state index contributed by atoms with van der Waals surface area (Å²) in [5.41, 5.74) is 1.63. The number of hydrogen-bond donors (Lipinski definition) is 1. The molecule has 1 heterocycles. The van der Waals surface area contributed by atoms with Gasteiger partial charge in [-0.05, 0) is 37.0 Å². The molecule has 0 radical (unpaired) electrons. The zero-order chi connectivity index (χ0) is 12.9. The first-order valence-corrected chi connectivity index (χ1v) is 6.96. The number of nitrogens with one attached hydrogen (secondary N) is 1. The average Bonchev–Trinajstić information content (AvgIpc) is 2.83. The summed E-state index contributed by atoms with van der Waals surface area (Å²) in [7, 11) is 0. The SMILES string of the molecule is CC1CCCC1n1c(=S)[nH]c2cc(F)c(Cl)cc21. The Balaban J connectivity index is 2.25. The van der Waals surface area contributed by atoms with E-state index in [1.807, 2.05) is 0 Å². The van der Waals surface area contributed by atoms with E-state index in [0.717, 1.165) is 17.5 Å². The topological polar surface area (TPSA) is 20.7 Å². The molecule has 2 nitrogen and oxygen atoms in total. The number of hydrogen-bond acceptors (Lipinski definition) is 1. The van der Waals surface area contributed by atoms with E-state index in [1.54, 1.807) is 6.07 Å². The molecule has 2 unspecified atom stereocenters. The molecule has 0 bridgehead atoms. The van der Waals surface area contributed by atoms with Gasteiger partial charge in [-0.1, -0.05) is 24.9 Å². The van der Waals surface area contributed by atoms with E-state index in [0.29, 0.717) is 16.7 Å². The van der Waals surface area contributed by atoms with Gasteiger partial charge in [0.15, 0.2) is 4.77 Å². The summed E-state index contributed by atoms with van der Waals surface area (Å²) in [5.74, 6) is 0.187. The quantitative estimate of drug-likeness (QED) is 0.742. The van der Waals surface area contributed by atoms with Crippen LogP contribution in [0.15, 0.2) is 12.1 Å². The lowest BCUT2D eigenvalue weighted by atomic mass is 10.1. The van der Waals surface area contributed by atoms with Crippen LogP contribution in [0.4, 0.5) is 4.39 Å². The second-order valence-corrected chi connectivity index (χ2v) is 5.85. The lowest BCUT2D eigenvalue weighted by molar-refractivity contribution is 0.413. The van der Waals surface area contributed by atoms with E-state index in [1.165, 1.54) is 18.9 Å². The summed E-state index contributed by atoms with van der Waals surface area (Å²) in [6.07, 6.45) is 3.56. The summed E-state index contributed by atoms with van der Waals surface area (Å²) in [6.45, 7) is 2.24. The Morgan fingerprint density at radius 3 is 2.89 bits per heavy atom. The van der Waals surface area contributed by atoms with Gasteiger partial charge in [0.25, 0.3) is 0 Å². The minimum atomic E-state index is -0.410. The first kappa shape index (κ1) is 12.2. The van der Waals surface area contributed by atoms with Crippen LogP contribution in [0, 0.1) is 16.5 Å². The molecule has 2 atom stereocenters. The molecule has 0 amide bonds. The van der Waals surface area contributed by atoms with Crippen LogP contribution >= 0.6 is 23.8 Å². The smallest absolute Gasteiger partial charge is 0.178 e. The van der Waals surface area contributed by atoms with Crippen LogP contribution in [0.1, 0.15) is 32.2 Å². The predicted octanol–water partition coefficient (Wildman–Crippen LogP) is 4.85. The largest absolute Gasteiger partial charge is 0.330 e. The fourth-order valence-corrected chi connectivity index (χ4v) is 3.46. The number of H-pyrrole nitrogens is 1. The molecule has 1 fully saturated rings. The maximum atomic E-state index is 13.4. The summed E-state index contributed by atoms with van der Waals surface area (Å²) >= 11 is 11.2. The lowest BCUT2D eigenvalue weighted by Gasteiger charge is -2.18. The van der Waals surface area contributed by atoms with Crippen LogP contribution < -0.4 is 0 Å². The van der Waals surface area contributed by atoms with E-state index in [2.05, 4.69) is 16.5 Å². The number of halogens is 2. The van der Waals surface area contributed by atoms with Crippen LogP contribution in [0.5, 0.6) is 0 Å². The molecule has 0 aliphatic heterocycles. The molecule has 1 aromatic heterocycles. The summed E-state index contributed by atoms with van der Waals surface area (Å²) < 4.78 is 16.2. The molecule has 5 heteroatoms. The van der Waals surface area contributed by atoms with Crippen molar-refractivity contribution in [3.63, 3.8) is 0 Å². The van der Waals surface area contributed by atoms with Crippen LogP contribution in [0.25, 0.3) is 11.0 Å². The highest BCUT2D eigenvalue weighted by Crippen LogP contribution is 2.38. The van der Waals surface area contributed by atoms with Crippen molar-refractivity contribution in [2.45, 2.75) is 32.2 Å². The Kier molecular flexibility index (Phi) is 2.94. The van der Waals surface area contributed by atoms with Crippen molar-refractivity contribution >= 4 is 34.9 Å². The van der Waals surface area contributed by atoms with Crippen molar-refractivity contribution in [1.29, 1.82) is 0 Å². The molecular weight excluding hydrogens is 271 g/mol. The average molecular weight is 285 g/mol. The summed E-state index contributed by atoms with van der Waals surface area (Å²) in [6, 6.07) is 3.49. The molecule has 1 aromatic carbocycles. The molecule has 0 spiro atoms. The maximum Gasteiger partial charge on any atom is 0.178 e. The number of nitrogens with zero attached hydrogens (tertiary/aromatic N) is 1. The Morgan fingerprint density at radius 2 is 2.22 bits per heavy atom. The van der Waals surface area contributed by atoms with Gasteiger partial charge in [-0.25, -0.2) is 4.39 Å². The fraction of sp³-hybridized carbons (Fsp3) is 0.462. The normalized spacial score (nSPS) is 23.9. The third-order valence-electron chi connectivity index (χ3n) is 3.91. The molecule has 1 N–H and O–H groups in total. The molecule has 3 rings (SSSR count). The fourth-order valence-electron chi connectivity index (χ4n) is 2.96. The van der Waals surface area contributed by atoms with E-state index in [-0.39, 0.29) is 5.02 Å². The van der Waals surface area contributed by atoms with Crippen molar-refractivity contribution in [3.05, 3.63) is 27.7 Å². The van der Waals surface area contributed by atoms with E-state index < -0.39 is 5.82 Å². The van der Waals surface area contributed by atoms with Crippen LogP contribution in [0.3, 0.4) is 0 Å². The van der Waals surface area contributed by atoms with Gasteiger partial charge in [0, 0.05) is 12.1 Å². The molecule has 96 valence electrons. The zero-order valence-electron chi connectivity index (χ0n) is 10.0. The number of fused-ring (bicyclic) bond motifs is 1. The molecule has 2 aromatic rings. The minimum Gasteiger partial charge on any atom is -0.330 e. The Labute approximate surface area is 115 Å². The number of imidazole rings is 1. The number of aromatic amines is 1. The van der Waals surface area contributed by atoms with Crippen LogP contribution in [0.2, 0.25) is 5.02 Å². The lowest BCUT2D eigenvalue weighted by Crippen LogP contribution is -2.11. The third kappa shape index (κ3) is 1.79. The van der Waals surface area contributed by atoms with Gasteiger partial charge in [-0.3, -0.25) is 0 Å². The monoisotopic (exact) mass is 284 g/mol.